The van der Waals surface area contributed by atoms with Gasteiger partial charge in [-0.05, 0) is 68.8 Å². The van der Waals surface area contributed by atoms with Gasteiger partial charge in [0.05, 0.1) is 6.61 Å². The molecule has 2 N–H and O–H groups in total. The molecule has 3 aromatic rings. The van der Waals surface area contributed by atoms with Crippen LogP contribution in [0.3, 0.4) is 0 Å². The number of rotatable bonds is 6. The van der Waals surface area contributed by atoms with Crippen molar-refractivity contribution in [3.63, 3.8) is 0 Å². The average molecular weight is 397 g/mol. The van der Waals surface area contributed by atoms with E-state index in [9.17, 15) is 4.79 Å². The zero-order chi connectivity index (χ0) is 20.1. The molecule has 6 nitrogen and oxygen atoms in total. The van der Waals surface area contributed by atoms with E-state index in [2.05, 4.69) is 20.6 Å². The molecular weight excluding hydrogens is 376 g/mol. The van der Waals surface area contributed by atoms with Crippen LogP contribution in [0.2, 0.25) is 5.02 Å². The Morgan fingerprint density at radius 3 is 2.43 bits per heavy atom. The number of hydrogen-bond donors (Lipinski definition) is 2. The van der Waals surface area contributed by atoms with Crippen molar-refractivity contribution in [2.24, 2.45) is 0 Å². The fourth-order valence-electron chi connectivity index (χ4n) is 2.54. The van der Waals surface area contributed by atoms with Gasteiger partial charge in [-0.25, -0.2) is 9.97 Å². The topological polar surface area (TPSA) is 76.1 Å². The Hall–Kier alpha value is -3.12. The molecule has 0 saturated heterocycles. The second-order valence-corrected chi connectivity index (χ2v) is 6.63. The largest absolute Gasteiger partial charge is 0.494 e. The molecule has 0 aliphatic carbocycles. The third-order valence-corrected chi connectivity index (χ3v) is 4.35. The van der Waals surface area contributed by atoms with Gasteiger partial charge in [0.1, 0.15) is 11.4 Å². The summed E-state index contributed by atoms with van der Waals surface area (Å²) in [6.45, 7) is 6.26. The number of halogens is 1. The van der Waals surface area contributed by atoms with E-state index >= 15 is 0 Å². The summed E-state index contributed by atoms with van der Waals surface area (Å²) in [5, 5.41) is 6.51. The maximum Gasteiger partial charge on any atom is 0.274 e. The first-order valence-corrected chi connectivity index (χ1v) is 9.25. The van der Waals surface area contributed by atoms with Gasteiger partial charge in [-0.2, -0.15) is 0 Å². The molecule has 1 aromatic heterocycles. The molecular formula is C21H21ClN4O2. The third kappa shape index (κ3) is 4.98. The highest BCUT2D eigenvalue weighted by Crippen LogP contribution is 2.21. The van der Waals surface area contributed by atoms with E-state index in [-0.39, 0.29) is 11.6 Å². The molecule has 0 radical (unpaired) electrons. The zero-order valence-electron chi connectivity index (χ0n) is 15.9. The van der Waals surface area contributed by atoms with Crippen LogP contribution in [0, 0.1) is 13.8 Å². The fraction of sp³-hybridized carbons (Fsp3) is 0.190. The molecule has 0 aliphatic rings. The first kappa shape index (κ1) is 19.6. The summed E-state index contributed by atoms with van der Waals surface area (Å²) in [7, 11) is 0. The van der Waals surface area contributed by atoms with Crippen LogP contribution >= 0.6 is 11.6 Å². The smallest absolute Gasteiger partial charge is 0.274 e. The lowest BCUT2D eigenvalue weighted by Gasteiger charge is -2.10. The van der Waals surface area contributed by atoms with Crippen molar-refractivity contribution in [1.29, 1.82) is 0 Å². The lowest BCUT2D eigenvalue weighted by atomic mass is 10.2. The van der Waals surface area contributed by atoms with Gasteiger partial charge in [0, 0.05) is 22.1 Å². The van der Waals surface area contributed by atoms with Gasteiger partial charge in [0.25, 0.3) is 5.91 Å². The highest BCUT2D eigenvalue weighted by Gasteiger charge is 2.12. The van der Waals surface area contributed by atoms with Gasteiger partial charge in [-0.3, -0.25) is 4.79 Å². The molecule has 0 saturated carbocycles. The number of amides is 1. The summed E-state index contributed by atoms with van der Waals surface area (Å²) >= 11 is 6.12. The molecule has 0 aliphatic heterocycles. The Balaban J connectivity index is 1.76. The number of ether oxygens (including phenoxy) is 1. The maximum absolute atomic E-state index is 12.6. The van der Waals surface area contributed by atoms with Crippen molar-refractivity contribution in [3.05, 3.63) is 70.5 Å². The van der Waals surface area contributed by atoms with Crippen LogP contribution in [-0.2, 0) is 0 Å². The van der Waals surface area contributed by atoms with Crippen LogP contribution in [-0.4, -0.2) is 22.5 Å². The van der Waals surface area contributed by atoms with Gasteiger partial charge >= 0.3 is 0 Å². The van der Waals surface area contributed by atoms with Crippen molar-refractivity contribution in [1.82, 2.24) is 9.97 Å². The van der Waals surface area contributed by atoms with Gasteiger partial charge in [-0.15, -0.1) is 0 Å². The normalized spacial score (nSPS) is 10.4. The minimum Gasteiger partial charge on any atom is -0.494 e. The SMILES string of the molecule is CCOc1ccc(Nc2nc(C)cc(C(=O)Nc3ccc(C)c(Cl)c3)n2)cc1. The highest BCUT2D eigenvalue weighted by molar-refractivity contribution is 6.31. The van der Waals surface area contributed by atoms with Crippen molar-refractivity contribution in [2.75, 3.05) is 17.2 Å². The summed E-state index contributed by atoms with van der Waals surface area (Å²) < 4.78 is 5.43. The zero-order valence-corrected chi connectivity index (χ0v) is 16.7. The Morgan fingerprint density at radius 2 is 1.75 bits per heavy atom. The number of aromatic nitrogens is 2. The molecule has 28 heavy (non-hydrogen) atoms. The van der Waals surface area contributed by atoms with Crippen LogP contribution < -0.4 is 15.4 Å². The van der Waals surface area contributed by atoms with E-state index in [4.69, 9.17) is 16.3 Å². The molecule has 0 bridgehead atoms. The number of nitrogens with one attached hydrogen (secondary N) is 2. The Kier molecular flexibility index (Phi) is 6.11. The number of anilines is 3. The predicted molar refractivity (Wildman–Crippen MR) is 112 cm³/mol. The van der Waals surface area contributed by atoms with Crippen molar-refractivity contribution in [2.45, 2.75) is 20.8 Å². The second kappa shape index (κ2) is 8.71. The predicted octanol–water partition coefficient (Wildman–Crippen LogP) is 5.14. The van der Waals surface area contributed by atoms with E-state index in [0.29, 0.717) is 29.0 Å². The van der Waals surface area contributed by atoms with Crippen molar-refractivity contribution >= 4 is 34.8 Å². The van der Waals surface area contributed by atoms with Crippen LogP contribution in [0.15, 0.2) is 48.5 Å². The summed E-state index contributed by atoms with van der Waals surface area (Å²) in [5.41, 5.74) is 3.29. The van der Waals surface area contributed by atoms with Crippen LogP contribution in [0.4, 0.5) is 17.3 Å². The Labute approximate surface area is 168 Å². The van der Waals surface area contributed by atoms with Gasteiger partial charge in [-0.1, -0.05) is 17.7 Å². The molecule has 0 spiro atoms. The first-order valence-electron chi connectivity index (χ1n) is 8.87. The third-order valence-electron chi connectivity index (χ3n) is 3.94. The summed E-state index contributed by atoms with van der Waals surface area (Å²) in [5.74, 6) is 0.798. The highest BCUT2D eigenvalue weighted by atomic mass is 35.5. The number of carbonyl (C=O) groups is 1. The molecule has 2 aromatic carbocycles. The molecule has 144 valence electrons. The first-order chi connectivity index (χ1) is 13.4. The second-order valence-electron chi connectivity index (χ2n) is 6.22. The van der Waals surface area contributed by atoms with Crippen molar-refractivity contribution < 1.29 is 9.53 Å². The van der Waals surface area contributed by atoms with Crippen LogP contribution in [0.5, 0.6) is 5.75 Å². The monoisotopic (exact) mass is 396 g/mol. The standard InChI is InChI=1S/C21H21ClN4O2/c1-4-28-17-9-7-15(8-10-17)25-21-23-14(3)11-19(26-21)20(27)24-16-6-5-13(2)18(22)12-16/h5-12H,4H2,1-3H3,(H,24,27)(H,23,25,26). The van der Waals surface area contributed by atoms with E-state index in [1.807, 2.05) is 51.1 Å². The quantitative estimate of drug-likeness (QED) is 0.603. The van der Waals surface area contributed by atoms with Gasteiger partial charge in [0.15, 0.2) is 0 Å². The van der Waals surface area contributed by atoms with Crippen LogP contribution in [0.25, 0.3) is 0 Å². The summed E-state index contributed by atoms with van der Waals surface area (Å²) in [4.78, 5) is 21.3. The van der Waals surface area contributed by atoms with E-state index in [0.717, 1.165) is 17.0 Å². The number of carbonyl (C=O) groups excluding carboxylic acids is 1. The molecule has 0 atom stereocenters. The molecule has 7 heteroatoms. The Bertz CT molecular complexity index is 990. The van der Waals surface area contributed by atoms with E-state index in [1.165, 1.54) is 0 Å². The van der Waals surface area contributed by atoms with Gasteiger partial charge < -0.3 is 15.4 Å². The number of nitrogens with zero attached hydrogens (tertiary/aromatic N) is 2. The van der Waals surface area contributed by atoms with E-state index < -0.39 is 0 Å². The lowest BCUT2D eigenvalue weighted by molar-refractivity contribution is 0.102. The van der Waals surface area contributed by atoms with E-state index in [1.54, 1.807) is 18.2 Å². The summed E-state index contributed by atoms with van der Waals surface area (Å²) in [6, 6.07) is 14.4. The summed E-state index contributed by atoms with van der Waals surface area (Å²) in [6.07, 6.45) is 0. The average Bonchev–Trinajstić information content (AvgIpc) is 2.66. The molecule has 3 rings (SSSR count). The minimum atomic E-state index is -0.333. The fourth-order valence-corrected chi connectivity index (χ4v) is 2.72. The molecule has 1 amide bonds. The minimum absolute atomic E-state index is 0.262. The number of hydrogen-bond acceptors (Lipinski definition) is 5. The molecule has 0 unspecified atom stereocenters. The number of aryl methyl sites for hydroxylation is 2. The van der Waals surface area contributed by atoms with Crippen LogP contribution in [0.1, 0.15) is 28.7 Å². The molecule has 0 fully saturated rings. The molecule has 1 heterocycles. The maximum atomic E-state index is 12.6. The lowest BCUT2D eigenvalue weighted by Crippen LogP contribution is -2.15. The van der Waals surface area contributed by atoms with Gasteiger partial charge in [0.2, 0.25) is 5.95 Å². The van der Waals surface area contributed by atoms with Crippen molar-refractivity contribution in [3.8, 4) is 5.75 Å². The number of benzene rings is 2. The Morgan fingerprint density at radius 1 is 1.04 bits per heavy atom.